The number of hydrogen-bond acceptors (Lipinski definition) is 6. The Kier molecular flexibility index (Phi) is 5.56. The smallest absolute Gasteiger partial charge is 0.262 e. The number of imidazole rings is 1. The summed E-state index contributed by atoms with van der Waals surface area (Å²) in [6, 6.07) is 0. The molecule has 0 N–H and O–H groups in total. The first kappa shape index (κ1) is 17.8. The van der Waals surface area contributed by atoms with Crippen molar-refractivity contribution in [2.24, 2.45) is 13.0 Å². The Labute approximate surface area is 143 Å². The summed E-state index contributed by atoms with van der Waals surface area (Å²) in [5.41, 5.74) is 0. The third-order valence-electron chi connectivity index (χ3n) is 4.79. The molecule has 0 bridgehead atoms. The molecule has 2 fully saturated rings. The van der Waals surface area contributed by atoms with Gasteiger partial charge in [0.1, 0.15) is 0 Å². The van der Waals surface area contributed by atoms with Gasteiger partial charge in [-0.1, -0.05) is 0 Å². The quantitative estimate of drug-likeness (QED) is 0.724. The zero-order valence-electron chi connectivity index (χ0n) is 14.3. The molecule has 3 heterocycles. The normalized spacial score (nSPS) is 26.9. The fraction of sp³-hybridized carbons (Fsp3) is 0.800. The van der Waals surface area contributed by atoms with Gasteiger partial charge in [-0.3, -0.25) is 4.90 Å². The summed E-state index contributed by atoms with van der Waals surface area (Å²) in [6.45, 7) is 4.94. The van der Waals surface area contributed by atoms with E-state index >= 15 is 0 Å². The molecule has 0 saturated carbocycles. The summed E-state index contributed by atoms with van der Waals surface area (Å²) in [5, 5.41) is 0.110. The molecule has 0 radical (unpaired) electrons. The summed E-state index contributed by atoms with van der Waals surface area (Å²) in [5.74, 6) is 0.361. The van der Waals surface area contributed by atoms with E-state index < -0.39 is 10.0 Å². The lowest BCUT2D eigenvalue weighted by molar-refractivity contribution is -0.00196. The van der Waals surface area contributed by atoms with Crippen LogP contribution < -0.4 is 0 Å². The number of hydrogen-bond donors (Lipinski definition) is 0. The predicted octanol–water partition coefficient (Wildman–Crippen LogP) is -0.222. The van der Waals surface area contributed by atoms with Crippen molar-refractivity contribution in [2.75, 3.05) is 53.0 Å². The second-order valence-electron chi connectivity index (χ2n) is 6.49. The van der Waals surface area contributed by atoms with E-state index in [9.17, 15) is 8.42 Å². The van der Waals surface area contributed by atoms with E-state index in [1.165, 1.54) is 10.6 Å². The number of aryl methyl sites for hydroxylation is 1. The number of ether oxygens (including phenoxy) is 2. The van der Waals surface area contributed by atoms with Crippen molar-refractivity contribution < 1.29 is 17.9 Å². The summed E-state index contributed by atoms with van der Waals surface area (Å²) in [7, 11) is -0.0720. The van der Waals surface area contributed by atoms with Gasteiger partial charge in [0, 0.05) is 59.0 Å². The molecule has 0 unspecified atom stereocenters. The molecule has 3 rings (SSSR count). The highest BCUT2D eigenvalue weighted by atomic mass is 32.2. The third kappa shape index (κ3) is 3.80. The molecule has 2 saturated heterocycles. The molecule has 0 amide bonds. The Morgan fingerprint density at radius 2 is 2.21 bits per heavy atom. The Balaban J connectivity index is 1.66. The number of fused-ring (bicyclic) bond motifs is 1. The monoisotopic (exact) mass is 358 g/mol. The molecule has 24 heavy (non-hydrogen) atoms. The average molecular weight is 358 g/mol. The molecule has 1 aromatic rings. The molecule has 9 heteroatoms. The lowest BCUT2D eigenvalue weighted by Crippen LogP contribution is -2.49. The molecule has 2 aliphatic rings. The number of rotatable bonds is 5. The van der Waals surface area contributed by atoms with Crippen LogP contribution in [-0.4, -0.2) is 86.3 Å². The average Bonchev–Trinajstić information content (AvgIpc) is 2.90. The maximum absolute atomic E-state index is 12.7. The van der Waals surface area contributed by atoms with E-state index in [0.29, 0.717) is 32.2 Å². The molecule has 136 valence electrons. The number of methoxy groups -OCH3 is 1. The van der Waals surface area contributed by atoms with Gasteiger partial charge in [-0.25, -0.2) is 13.4 Å². The molecule has 1 aromatic heterocycles. The zero-order chi connectivity index (χ0) is 17.2. The van der Waals surface area contributed by atoms with Crippen LogP contribution >= 0.6 is 0 Å². The lowest BCUT2D eigenvalue weighted by Gasteiger charge is -2.36. The van der Waals surface area contributed by atoms with Crippen LogP contribution in [0.1, 0.15) is 6.42 Å². The van der Waals surface area contributed by atoms with Gasteiger partial charge in [0.05, 0.1) is 25.6 Å². The van der Waals surface area contributed by atoms with E-state index in [1.54, 1.807) is 24.9 Å². The van der Waals surface area contributed by atoms with Crippen LogP contribution in [0.5, 0.6) is 0 Å². The summed E-state index contributed by atoms with van der Waals surface area (Å²) < 4.78 is 39.8. The molecular formula is C15H26N4O4S. The molecule has 0 aliphatic carbocycles. The third-order valence-corrected chi connectivity index (χ3v) is 6.54. The highest BCUT2D eigenvalue weighted by Gasteiger charge is 2.38. The van der Waals surface area contributed by atoms with Gasteiger partial charge in [-0.15, -0.1) is 0 Å². The zero-order valence-corrected chi connectivity index (χ0v) is 15.1. The highest BCUT2D eigenvalue weighted by molar-refractivity contribution is 7.89. The molecule has 8 nitrogen and oxygen atoms in total. The SMILES string of the molecule is COCCN1CCO[C@H]2CN(S(=O)(=O)c3cn(C)cn3)CC[C@H]2C1. The van der Waals surface area contributed by atoms with Crippen LogP contribution in [0.15, 0.2) is 17.6 Å². The first-order valence-corrected chi connectivity index (χ1v) is 9.75. The van der Waals surface area contributed by atoms with Crippen LogP contribution in [0.3, 0.4) is 0 Å². The van der Waals surface area contributed by atoms with E-state index in [-0.39, 0.29) is 11.1 Å². The predicted molar refractivity (Wildman–Crippen MR) is 88.1 cm³/mol. The Hall–Kier alpha value is -1.00. The standard InChI is InChI=1S/C15H26N4O4S/c1-17-11-15(16-12-17)24(20,21)19-4-3-13-9-18(5-7-22-2)6-8-23-14(13)10-19/h11-14H,3-10H2,1-2H3/t13-,14-/m0/s1. The fourth-order valence-corrected chi connectivity index (χ4v) is 4.82. The topological polar surface area (TPSA) is 76.9 Å². The summed E-state index contributed by atoms with van der Waals surface area (Å²) >= 11 is 0. The Morgan fingerprint density at radius 3 is 2.92 bits per heavy atom. The van der Waals surface area contributed by atoms with Gasteiger partial charge in [-0.05, 0) is 6.42 Å². The van der Waals surface area contributed by atoms with Gasteiger partial charge in [0.25, 0.3) is 10.0 Å². The number of sulfonamides is 1. The van der Waals surface area contributed by atoms with Crippen LogP contribution in [-0.2, 0) is 26.5 Å². The van der Waals surface area contributed by atoms with Gasteiger partial charge < -0.3 is 14.0 Å². The number of aromatic nitrogens is 2. The van der Waals surface area contributed by atoms with Gasteiger partial charge in [0.15, 0.2) is 5.03 Å². The minimum atomic E-state index is -3.54. The Bertz CT molecular complexity index is 648. The Morgan fingerprint density at radius 1 is 1.38 bits per heavy atom. The summed E-state index contributed by atoms with van der Waals surface area (Å²) in [6.07, 6.45) is 3.81. The maximum atomic E-state index is 12.7. The van der Waals surface area contributed by atoms with E-state index in [0.717, 1.165) is 26.1 Å². The van der Waals surface area contributed by atoms with E-state index in [2.05, 4.69) is 9.88 Å². The highest BCUT2D eigenvalue weighted by Crippen LogP contribution is 2.27. The van der Waals surface area contributed by atoms with Crippen LogP contribution in [0.2, 0.25) is 0 Å². The van der Waals surface area contributed by atoms with Crippen LogP contribution in [0.4, 0.5) is 0 Å². The maximum Gasteiger partial charge on any atom is 0.262 e. The fourth-order valence-electron chi connectivity index (χ4n) is 3.39. The molecular weight excluding hydrogens is 332 g/mol. The molecule has 0 spiro atoms. The van der Waals surface area contributed by atoms with Crippen LogP contribution in [0.25, 0.3) is 0 Å². The molecule has 0 aromatic carbocycles. The van der Waals surface area contributed by atoms with Crippen molar-refractivity contribution in [2.45, 2.75) is 17.6 Å². The van der Waals surface area contributed by atoms with E-state index in [1.807, 2.05) is 0 Å². The van der Waals surface area contributed by atoms with Crippen molar-refractivity contribution >= 4 is 10.0 Å². The number of nitrogens with zero attached hydrogens (tertiary/aromatic N) is 4. The summed E-state index contributed by atoms with van der Waals surface area (Å²) in [4.78, 5) is 6.35. The van der Waals surface area contributed by atoms with Gasteiger partial charge >= 0.3 is 0 Å². The second kappa shape index (κ2) is 7.49. The number of piperidine rings is 1. The first-order chi connectivity index (χ1) is 11.5. The van der Waals surface area contributed by atoms with Gasteiger partial charge in [-0.2, -0.15) is 4.31 Å². The van der Waals surface area contributed by atoms with Crippen molar-refractivity contribution in [3.05, 3.63) is 12.5 Å². The minimum Gasteiger partial charge on any atom is -0.383 e. The lowest BCUT2D eigenvalue weighted by atomic mass is 9.94. The minimum absolute atomic E-state index is 0.0511. The van der Waals surface area contributed by atoms with Crippen molar-refractivity contribution in [3.63, 3.8) is 0 Å². The second-order valence-corrected chi connectivity index (χ2v) is 8.38. The van der Waals surface area contributed by atoms with Crippen molar-refractivity contribution in [1.82, 2.24) is 18.8 Å². The van der Waals surface area contributed by atoms with E-state index in [4.69, 9.17) is 9.47 Å². The van der Waals surface area contributed by atoms with Gasteiger partial charge in [0.2, 0.25) is 0 Å². The largest absolute Gasteiger partial charge is 0.383 e. The first-order valence-electron chi connectivity index (χ1n) is 8.31. The van der Waals surface area contributed by atoms with Crippen molar-refractivity contribution in [3.8, 4) is 0 Å². The molecule has 2 aliphatic heterocycles. The van der Waals surface area contributed by atoms with Crippen LogP contribution in [0, 0.1) is 5.92 Å². The molecule has 2 atom stereocenters. The van der Waals surface area contributed by atoms with Crippen molar-refractivity contribution in [1.29, 1.82) is 0 Å².